The second-order valence-corrected chi connectivity index (χ2v) is 4.52. The number of rotatable bonds is 2. The van der Waals surface area contributed by atoms with Gasteiger partial charge in [-0.1, -0.05) is 0 Å². The normalized spacial score (nSPS) is 10.9. The summed E-state index contributed by atoms with van der Waals surface area (Å²) in [5.41, 5.74) is -0.589. The van der Waals surface area contributed by atoms with Crippen LogP contribution < -0.4 is 10.1 Å². The van der Waals surface area contributed by atoms with Gasteiger partial charge in [0.05, 0.1) is 13.3 Å². The molecule has 1 aromatic heterocycles. The third-order valence-corrected chi connectivity index (χ3v) is 1.75. The molecule has 0 aromatic carbocycles. The van der Waals surface area contributed by atoms with Crippen molar-refractivity contribution in [3.63, 3.8) is 0 Å². The van der Waals surface area contributed by atoms with Gasteiger partial charge in [-0.15, -0.1) is 0 Å². The summed E-state index contributed by atoms with van der Waals surface area (Å²) in [4.78, 5) is 19.1. The Balaban J connectivity index is 2.80. The summed E-state index contributed by atoms with van der Waals surface area (Å²) in [6.45, 7) is 5.28. The molecule has 1 rings (SSSR count). The summed E-state index contributed by atoms with van der Waals surface area (Å²) in [6, 6.07) is 0. The summed E-state index contributed by atoms with van der Waals surface area (Å²) in [7, 11) is 1.44. The average molecular weight is 260 g/mol. The third-order valence-electron chi connectivity index (χ3n) is 1.57. The molecule has 0 radical (unpaired) electrons. The van der Waals surface area contributed by atoms with Gasteiger partial charge < -0.3 is 9.47 Å². The minimum atomic E-state index is -0.634. The molecule has 1 aromatic rings. The molecule has 0 unspecified atom stereocenters. The number of hydrogen-bond acceptors (Lipinski definition) is 5. The van der Waals surface area contributed by atoms with Gasteiger partial charge in [0, 0.05) is 0 Å². The van der Waals surface area contributed by atoms with Crippen LogP contribution in [0.4, 0.5) is 10.6 Å². The Morgan fingerprint density at radius 1 is 1.47 bits per heavy atom. The van der Waals surface area contributed by atoms with E-state index in [2.05, 4.69) is 15.3 Å². The van der Waals surface area contributed by atoms with Crippen molar-refractivity contribution in [1.29, 1.82) is 0 Å². The lowest BCUT2D eigenvalue weighted by molar-refractivity contribution is 0.0634. The molecule has 1 amide bonds. The Hall–Kier alpha value is -1.56. The number of ether oxygens (including phenoxy) is 2. The number of nitrogens with one attached hydrogen (secondary N) is 1. The lowest BCUT2D eigenvalue weighted by Gasteiger charge is -2.19. The molecule has 94 valence electrons. The molecule has 0 saturated heterocycles. The van der Waals surface area contributed by atoms with Crippen molar-refractivity contribution >= 4 is 23.5 Å². The largest absolute Gasteiger partial charge is 0.491 e. The molecular weight excluding hydrogens is 246 g/mol. The molecule has 7 heteroatoms. The van der Waals surface area contributed by atoms with Crippen molar-refractivity contribution in [1.82, 2.24) is 9.97 Å². The highest BCUT2D eigenvalue weighted by atomic mass is 35.5. The van der Waals surface area contributed by atoms with Crippen LogP contribution in [0.2, 0.25) is 5.28 Å². The number of halogens is 1. The van der Waals surface area contributed by atoms with Crippen molar-refractivity contribution in [2.24, 2.45) is 0 Å². The van der Waals surface area contributed by atoms with E-state index in [1.54, 1.807) is 20.8 Å². The Kier molecular flexibility index (Phi) is 4.11. The van der Waals surface area contributed by atoms with Gasteiger partial charge >= 0.3 is 6.09 Å². The topological polar surface area (TPSA) is 73.3 Å². The van der Waals surface area contributed by atoms with Crippen LogP contribution in [0.15, 0.2) is 6.20 Å². The fraction of sp³-hybridized carbons (Fsp3) is 0.500. The number of methoxy groups -OCH3 is 1. The zero-order valence-electron chi connectivity index (χ0n) is 10.1. The predicted molar refractivity (Wildman–Crippen MR) is 63.5 cm³/mol. The molecule has 0 fully saturated rings. The maximum Gasteiger partial charge on any atom is 0.413 e. The van der Waals surface area contributed by atoms with Gasteiger partial charge in [-0.3, -0.25) is 5.32 Å². The molecule has 1 N–H and O–H groups in total. The zero-order chi connectivity index (χ0) is 13.1. The monoisotopic (exact) mass is 259 g/mol. The predicted octanol–water partition coefficient (Wildman–Crippen LogP) is 2.49. The number of anilines is 1. The number of amides is 1. The van der Waals surface area contributed by atoms with Crippen molar-refractivity contribution in [2.75, 3.05) is 12.4 Å². The van der Waals surface area contributed by atoms with Crippen LogP contribution in [0.5, 0.6) is 5.75 Å². The lowest BCUT2D eigenvalue weighted by atomic mass is 10.2. The summed E-state index contributed by atoms with van der Waals surface area (Å²) < 4.78 is 10.0. The molecule has 0 atom stereocenters. The van der Waals surface area contributed by atoms with Crippen LogP contribution in [0.3, 0.4) is 0 Å². The van der Waals surface area contributed by atoms with Crippen LogP contribution in [0, 0.1) is 0 Å². The minimum absolute atomic E-state index is 0.0110. The smallest absolute Gasteiger partial charge is 0.413 e. The number of aromatic nitrogens is 2. The zero-order valence-corrected chi connectivity index (χ0v) is 10.8. The van der Waals surface area contributed by atoms with E-state index in [4.69, 9.17) is 21.1 Å². The molecule has 1 heterocycles. The van der Waals surface area contributed by atoms with E-state index < -0.39 is 11.7 Å². The van der Waals surface area contributed by atoms with Gasteiger partial charge in [0.1, 0.15) is 5.60 Å². The van der Waals surface area contributed by atoms with Crippen molar-refractivity contribution in [3.8, 4) is 5.75 Å². The Morgan fingerprint density at radius 2 is 2.12 bits per heavy atom. The van der Waals surface area contributed by atoms with Crippen LogP contribution in [-0.2, 0) is 4.74 Å². The van der Waals surface area contributed by atoms with E-state index in [1.807, 2.05) is 0 Å². The van der Waals surface area contributed by atoms with Gasteiger partial charge in [0.25, 0.3) is 0 Å². The molecule has 0 aliphatic rings. The SMILES string of the molecule is COc1cnc(Cl)nc1NC(=O)OC(C)(C)C. The quantitative estimate of drug-likeness (QED) is 0.826. The standard InChI is InChI=1S/C10H14ClN3O3/c1-10(2,3)17-9(15)14-7-6(16-4)5-12-8(11)13-7/h5H,1-4H3,(H,12,13,14,15). The molecule has 6 nitrogen and oxygen atoms in total. The average Bonchev–Trinajstić information content (AvgIpc) is 2.14. The third kappa shape index (κ3) is 4.44. The first-order chi connectivity index (χ1) is 7.81. The molecule has 17 heavy (non-hydrogen) atoms. The van der Waals surface area contributed by atoms with E-state index in [1.165, 1.54) is 13.3 Å². The van der Waals surface area contributed by atoms with Crippen LogP contribution in [0.1, 0.15) is 20.8 Å². The van der Waals surface area contributed by atoms with Crippen molar-refractivity contribution in [2.45, 2.75) is 26.4 Å². The molecule has 0 saturated carbocycles. The summed E-state index contributed by atoms with van der Waals surface area (Å²) >= 11 is 5.62. The molecule has 0 spiro atoms. The lowest BCUT2D eigenvalue weighted by Crippen LogP contribution is -2.27. The minimum Gasteiger partial charge on any atom is -0.491 e. The van der Waals surface area contributed by atoms with Crippen LogP contribution in [0.25, 0.3) is 0 Å². The molecule has 0 aliphatic heterocycles. The highest BCUT2D eigenvalue weighted by molar-refractivity contribution is 6.28. The summed E-state index contributed by atoms with van der Waals surface area (Å²) in [6.07, 6.45) is 0.729. The van der Waals surface area contributed by atoms with E-state index in [9.17, 15) is 4.79 Å². The number of hydrogen-bond donors (Lipinski definition) is 1. The highest BCUT2D eigenvalue weighted by Gasteiger charge is 2.18. The van der Waals surface area contributed by atoms with Gasteiger partial charge in [-0.2, -0.15) is 4.98 Å². The Bertz CT molecular complexity index is 418. The Morgan fingerprint density at radius 3 is 2.65 bits per heavy atom. The van der Waals surface area contributed by atoms with Crippen LogP contribution >= 0.6 is 11.6 Å². The van der Waals surface area contributed by atoms with Gasteiger partial charge in [-0.05, 0) is 32.4 Å². The molecule has 0 aliphatic carbocycles. The van der Waals surface area contributed by atoms with Crippen molar-refractivity contribution < 1.29 is 14.3 Å². The number of nitrogens with zero attached hydrogens (tertiary/aromatic N) is 2. The fourth-order valence-corrected chi connectivity index (χ4v) is 1.12. The maximum absolute atomic E-state index is 11.5. The first-order valence-electron chi connectivity index (χ1n) is 4.88. The number of carbonyl (C=O) groups excluding carboxylic acids is 1. The second-order valence-electron chi connectivity index (χ2n) is 4.18. The van der Waals surface area contributed by atoms with Crippen LogP contribution in [-0.4, -0.2) is 28.8 Å². The highest BCUT2D eigenvalue weighted by Crippen LogP contribution is 2.22. The number of carbonyl (C=O) groups is 1. The molecular formula is C10H14ClN3O3. The maximum atomic E-state index is 11.5. The first kappa shape index (κ1) is 13.5. The van der Waals surface area contributed by atoms with Gasteiger partial charge in [0.15, 0.2) is 11.6 Å². The first-order valence-corrected chi connectivity index (χ1v) is 5.26. The van der Waals surface area contributed by atoms with E-state index in [0.717, 1.165) is 0 Å². The van der Waals surface area contributed by atoms with E-state index >= 15 is 0 Å². The van der Waals surface area contributed by atoms with E-state index in [-0.39, 0.29) is 11.1 Å². The summed E-state index contributed by atoms with van der Waals surface area (Å²) in [5, 5.41) is 2.45. The van der Waals surface area contributed by atoms with Crippen molar-refractivity contribution in [3.05, 3.63) is 11.5 Å². The fourth-order valence-electron chi connectivity index (χ4n) is 0.988. The van der Waals surface area contributed by atoms with Gasteiger partial charge in [0.2, 0.25) is 5.28 Å². The molecule has 0 bridgehead atoms. The second kappa shape index (κ2) is 5.18. The Labute approximate surface area is 104 Å². The van der Waals surface area contributed by atoms with Gasteiger partial charge in [-0.25, -0.2) is 9.78 Å². The summed E-state index contributed by atoms with van der Waals surface area (Å²) in [5.74, 6) is 0.474. The van der Waals surface area contributed by atoms with E-state index in [0.29, 0.717) is 5.75 Å².